The standard InChI is InChI=1S/C22H17Cl2F3N2O2S2/c1-2-33(30,31)15-5-3-4-13(10-15)19-8-9-20(32-19)18-12-21(22(25,26)27)28-29(18)17-11-14(23)6-7-16(17)24/h3-9,11-12,15H,2,10H2,1H3. The maximum Gasteiger partial charge on any atom is 0.435 e. The van der Waals surface area contributed by atoms with E-state index in [2.05, 4.69) is 5.10 Å². The Balaban J connectivity index is 1.77. The van der Waals surface area contributed by atoms with Gasteiger partial charge in [0.15, 0.2) is 15.5 Å². The fourth-order valence-electron chi connectivity index (χ4n) is 3.47. The number of rotatable bonds is 5. The lowest BCUT2D eigenvalue weighted by atomic mass is 10.0. The molecule has 0 saturated heterocycles. The molecule has 0 fully saturated rings. The number of allylic oxidation sites excluding steroid dienone is 3. The Hall–Kier alpha value is -2.07. The first-order valence-electron chi connectivity index (χ1n) is 9.82. The zero-order valence-corrected chi connectivity index (χ0v) is 20.2. The van der Waals surface area contributed by atoms with Gasteiger partial charge in [-0.2, -0.15) is 18.3 Å². The topological polar surface area (TPSA) is 52.0 Å². The van der Waals surface area contributed by atoms with E-state index in [1.165, 1.54) is 29.5 Å². The Morgan fingerprint density at radius 3 is 2.58 bits per heavy atom. The summed E-state index contributed by atoms with van der Waals surface area (Å²) < 4.78 is 66.1. The quantitative estimate of drug-likeness (QED) is 0.353. The van der Waals surface area contributed by atoms with Crippen LogP contribution >= 0.6 is 34.5 Å². The van der Waals surface area contributed by atoms with Crippen LogP contribution in [0.25, 0.3) is 21.8 Å². The van der Waals surface area contributed by atoms with Crippen LogP contribution in [0.2, 0.25) is 10.0 Å². The van der Waals surface area contributed by atoms with Crippen molar-refractivity contribution in [3.63, 3.8) is 0 Å². The summed E-state index contributed by atoms with van der Waals surface area (Å²) in [7, 11) is -3.26. The molecule has 1 aromatic carbocycles. The summed E-state index contributed by atoms with van der Waals surface area (Å²) in [6.45, 7) is 1.60. The molecule has 1 aliphatic rings. The van der Waals surface area contributed by atoms with E-state index in [9.17, 15) is 21.6 Å². The molecule has 0 N–H and O–H groups in total. The van der Waals surface area contributed by atoms with Crippen molar-refractivity contribution in [1.29, 1.82) is 0 Å². The van der Waals surface area contributed by atoms with Crippen LogP contribution in [-0.4, -0.2) is 29.2 Å². The Labute approximate surface area is 202 Å². The molecule has 2 heterocycles. The van der Waals surface area contributed by atoms with Gasteiger partial charge in [-0.3, -0.25) is 0 Å². The van der Waals surface area contributed by atoms with Gasteiger partial charge < -0.3 is 0 Å². The minimum absolute atomic E-state index is 0.0325. The highest BCUT2D eigenvalue weighted by molar-refractivity contribution is 7.92. The maximum absolute atomic E-state index is 13.5. The van der Waals surface area contributed by atoms with E-state index in [0.29, 0.717) is 16.3 Å². The zero-order valence-electron chi connectivity index (χ0n) is 17.1. The molecule has 0 amide bonds. The number of hydrogen-bond donors (Lipinski definition) is 0. The van der Waals surface area contributed by atoms with Crippen molar-refractivity contribution in [2.24, 2.45) is 0 Å². The van der Waals surface area contributed by atoms with Gasteiger partial charge in [-0.15, -0.1) is 11.3 Å². The van der Waals surface area contributed by atoms with Crippen LogP contribution < -0.4 is 0 Å². The fraction of sp³-hybridized carbons (Fsp3) is 0.227. The van der Waals surface area contributed by atoms with Gasteiger partial charge in [0, 0.05) is 15.7 Å². The summed E-state index contributed by atoms with van der Waals surface area (Å²) in [5.41, 5.74) is 0.169. The number of aromatic nitrogens is 2. The summed E-state index contributed by atoms with van der Waals surface area (Å²) in [6.07, 6.45) is 0.837. The van der Waals surface area contributed by atoms with Gasteiger partial charge in [0.1, 0.15) is 0 Å². The summed E-state index contributed by atoms with van der Waals surface area (Å²) in [6, 6.07) is 8.90. The molecule has 0 radical (unpaired) electrons. The van der Waals surface area contributed by atoms with E-state index in [1.807, 2.05) is 6.08 Å². The van der Waals surface area contributed by atoms with E-state index < -0.39 is 27.0 Å². The summed E-state index contributed by atoms with van der Waals surface area (Å²) in [5.74, 6) is 0.0325. The minimum Gasteiger partial charge on any atom is -0.230 e. The van der Waals surface area contributed by atoms with Crippen molar-refractivity contribution in [2.75, 3.05) is 5.75 Å². The SMILES string of the molecule is CCS(=O)(=O)C1C=CC=C(c2ccc(-c3cc(C(F)(F)F)nn3-c3cc(Cl)ccc3Cl)s2)C1. The van der Waals surface area contributed by atoms with Gasteiger partial charge in [-0.25, -0.2) is 13.1 Å². The smallest absolute Gasteiger partial charge is 0.230 e. The van der Waals surface area contributed by atoms with Crippen LogP contribution in [0.5, 0.6) is 0 Å². The van der Waals surface area contributed by atoms with Crippen molar-refractivity contribution in [3.05, 3.63) is 75.2 Å². The normalized spacial score (nSPS) is 16.8. The molecular formula is C22H17Cl2F3N2O2S2. The highest BCUT2D eigenvalue weighted by Gasteiger charge is 2.36. The van der Waals surface area contributed by atoms with Crippen molar-refractivity contribution in [1.82, 2.24) is 9.78 Å². The molecule has 1 unspecified atom stereocenters. The number of sulfone groups is 1. The minimum atomic E-state index is -4.65. The van der Waals surface area contributed by atoms with Crippen molar-refractivity contribution in [2.45, 2.75) is 24.8 Å². The first-order valence-corrected chi connectivity index (χ1v) is 13.1. The Kier molecular flexibility index (Phi) is 6.52. The molecule has 2 aromatic heterocycles. The van der Waals surface area contributed by atoms with Gasteiger partial charge in [0.05, 0.1) is 26.5 Å². The molecule has 33 heavy (non-hydrogen) atoms. The van der Waals surface area contributed by atoms with Crippen molar-refractivity contribution >= 4 is 49.9 Å². The summed E-state index contributed by atoms with van der Waals surface area (Å²) in [5, 5.41) is 3.63. The number of thiophene rings is 1. The average Bonchev–Trinajstić information content (AvgIpc) is 3.42. The van der Waals surface area contributed by atoms with Gasteiger partial charge in [-0.05, 0) is 48.4 Å². The third-order valence-corrected chi connectivity index (χ3v) is 9.01. The second-order valence-electron chi connectivity index (χ2n) is 7.35. The van der Waals surface area contributed by atoms with Gasteiger partial charge in [0.25, 0.3) is 0 Å². The van der Waals surface area contributed by atoms with Gasteiger partial charge in [-0.1, -0.05) is 48.4 Å². The number of halogens is 5. The molecule has 1 aliphatic carbocycles. The molecule has 0 bridgehead atoms. The summed E-state index contributed by atoms with van der Waals surface area (Å²) in [4.78, 5) is 1.29. The largest absolute Gasteiger partial charge is 0.435 e. The molecule has 4 rings (SSSR count). The van der Waals surface area contributed by atoms with Gasteiger partial charge in [0.2, 0.25) is 0 Å². The maximum atomic E-state index is 13.5. The first kappa shape index (κ1) is 24.1. The van der Waals surface area contributed by atoms with Crippen molar-refractivity contribution < 1.29 is 21.6 Å². The highest BCUT2D eigenvalue weighted by Crippen LogP contribution is 2.40. The molecule has 0 saturated carbocycles. The average molecular weight is 533 g/mol. The van der Waals surface area contributed by atoms with Crippen LogP contribution in [0, 0.1) is 0 Å². The fourth-order valence-corrected chi connectivity index (χ4v) is 6.06. The Bertz CT molecular complexity index is 1370. The van der Waals surface area contributed by atoms with Crippen LogP contribution in [0.1, 0.15) is 23.9 Å². The molecule has 1 atom stereocenters. The first-order chi connectivity index (χ1) is 15.5. The lowest BCUT2D eigenvalue weighted by molar-refractivity contribution is -0.141. The highest BCUT2D eigenvalue weighted by atomic mass is 35.5. The van der Waals surface area contributed by atoms with Crippen molar-refractivity contribution in [3.8, 4) is 16.3 Å². The van der Waals surface area contributed by atoms with Crippen LogP contribution in [0.15, 0.2) is 54.6 Å². The predicted octanol–water partition coefficient (Wildman–Crippen LogP) is 7.07. The van der Waals surface area contributed by atoms with E-state index >= 15 is 0 Å². The van der Waals surface area contributed by atoms with E-state index in [0.717, 1.165) is 21.2 Å². The van der Waals surface area contributed by atoms with Crippen LogP contribution in [0.4, 0.5) is 13.2 Å². The Morgan fingerprint density at radius 2 is 1.88 bits per heavy atom. The van der Waals surface area contributed by atoms with Gasteiger partial charge >= 0.3 is 6.18 Å². The number of nitrogens with zero attached hydrogens (tertiary/aromatic N) is 2. The molecule has 3 aromatic rings. The molecule has 0 aliphatic heterocycles. The van der Waals surface area contributed by atoms with E-state index in [-0.39, 0.29) is 22.2 Å². The third kappa shape index (κ3) is 4.91. The molecule has 174 valence electrons. The summed E-state index contributed by atoms with van der Waals surface area (Å²) >= 11 is 13.5. The molecule has 4 nitrogen and oxygen atoms in total. The lowest BCUT2D eigenvalue weighted by Crippen LogP contribution is -2.22. The molecule has 11 heteroatoms. The van der Waals surface area contributed by atoms with Crippen LogP contribution in [-0.2, 0) is 16.0 Å². The van der Waals surface area contributed by atoms with E-state index in [1.54, 1.807) is 31.2 Å². The lowest BCUT2D eigenvalue weighted by Gasteiger charge is -2.17. The molecule has 0 spiro atoms. The zero-order chi connectivity index (χ0) is 24.0. The number of benzene rings is 1. The number of alkyl halides is 3. The second kappa shape index (κ2) is 8.94. The number of hydrogen-bond acceptors (Lipinski definition) is 4. The Morgan fingerprint density at radius 1 is 1.15 bits per heavy atom. The monoisotopic (exact) mass is 532 g/mol. The van der Waals surface area contributed by atoms with E-state index in [4.69, 9.17) is 23.2 Å². The second-order valence-corrected chi connectivity index (χ2v) is 11.8. The third-order valence-electron chi connectivity index (χ3n) is 5.22. The molecular weight excluding hydrogens is 516 g/mol. The van der Waals surface area contributed by atoms with Crippen LogP contribution in [0.3, 0.4) is 0 Å². The predicted molar refractivity (Wildman–Crippen MR) is 127 cm³/mol.